The van der Waals surface area contributed by atoms with Crippen molar-refractivity contribution in [3.63, 3.8) is 0 Å². The third kappa shape index (κ3) is 4.04. The third-order valence-corrected chi connectivity index (χ3v) is 4.17. The average Bonchev–Trinajstić information content (AvgIpc) is 2.61. The lowest BCUT2D eigenvalue weighted by Crippen LogP contribution is -2.47. The molecule has 24 heavy (non-hydrogen) atoms. The topological polar surface area (TPSA) is 51.7 Å². The summed E-state index contributed by atoms with van der Waals surface area (Å²) in [6, 6.07) is 11.2. The molecule has 6 heteroatoms. The number of aryl methyl sites for hydroxylation is 1. The zero-order chi connectivity index (χ0) is 16.9. The molecule has 1 aromatic carbocycles. The molecule has 0 aliphatic carbocycles. The van der Waals surface area contributed by atoms with E-state index in [4.69, 9.17) is 21.1 Å². The quantitative estimate of drug-likeness (QED) is 0.799. The molecule has 1 saturated heterocycles. The maximum absolute atomic E-state index is 12.6. The minimum atomic E-state index is -0.167. The van der Waals surface area contributed by atoms with E-state index in [1.807, 2.05) is 31.2 Å². The van der Waals surface area contributed by atoms with Crippen LogP contribution >= 0.6 is 11.6 Å². The molecular weight excluding hydrogens is 328 g/mol. The summed E-state index contributed by atoms with van der Waals surface area (Å²) in [4.78, 5) is 18.3. The van der Waals surface area contributed by atoms with Crippen molar-refractivity contribution in [3.05, 3.63) is 58.9 Å². The summed E-state index contributed by atoms with van der Waals surface area (Å²) in [7, 11) is 0. The summed E-state index contributed by atoms with van der Waals surface area (Å²) in [5.41, 5.74) is 1.60. The van der Waals surface area contributed by atoms with Crippen LogP contribution in [0.4, 0.5) is 0 Å². The number of aromatic nitrogens is 1. The highest BCUT2D eigenvalue weighted by atomic mass is 35.5. The zero-order valence-corrected chi connectivity index (χ0v) is 14.2. The predicted molar refractivity (Wildman–Crippen MR) is 91.6 cm³/mol. The van der Waals surface area contributed by atoms with Crippen LogP contribution in [0.1, 0.15) is 15.9 Å². The lowest BCUT2D eigenvalue weighted by Gasteiger charge is -2.33. The number of carbonyl (C=O) groups is 1. The summed E-state index contributed by atoms with van der Waals surface area (Å²) < 4.78 is 11.5. The van der Waals surface area contributed by atoms with Crippen molar-refractivity contribution in [2.24, 2.45) is 0 Å². The fraction of sp³-hybridized carbons (Fsp3) is 0.333. The minimum Gasteiger partial charge on any atom is -0.491 e. The zero-order valence-electron chi connectivity index (χ0n) is 13.4. The molecule has 0 bridgehead atoms. The van der Waals surface area contributed by atoms with Crippen LogP contribution in [0.3, 0.4) is 0 Å². The lowest BCUT2D eigenvalue weighted by molar-refractivity contribution is -0.0401. The average molecular weight is 347 g/mol. The van der Waals surface area contributed by atoms with Crippen LogP contribution in [-0.4, -0.2) is 48.2 Å². The van der Waals surface area contributed by atoms with Crippen molar-refractivity contribution in [2.45, 2.75) is 13.0 Å². The molecule has 1 aliphatic heterocycles. The van der Waals surface area contributed by atoms with Crippen molar-refractivity contribution >= 4 is 17.5 Å². The first kappa shape index (κ1) is 16.7. The molecule has 0 spiro atoms. The maximum Gasteiger partial charge on any atom is 0.257 e. The van der Waals surface area contributed by atoms with Crippen molar-refractivity contribution in [1.82, 2.24) is 9.88 Å². The first-order valence-electron chi connectivity index (χ1n) is 7.84. The largest absolute Gasteiger partial charge is 0.491 e. The number of ether oxygens (including phenoxy) is 2. The lowest BCUT2D eigenvalue weighted by atomic mass is 10.2. The Morgan fingerprint density at radius 1 is 1.38 bits per heavy atom. The van der Waals surface area contributed by atoms with E-state index in [0.29, 0.717) is 31.9 Å². The summed E-state index contributed by atoms with van der Waals surface area (Å²) in [6.45, 7) is 3.90. The van der Waals surface area contributed by atoms with Crippen molar-refractivity contribution in [3.8, 4) is 5.75 Å². The highest BCUT2D eigenvalue weighted by Gasteiger charge is 2.26. The van der Waals surface area contributed by atoms with E-state index in [2.05, 4.69) is 4.98 Å². The number of nitrogens with zero attached hydrogens (tertiary/aromatic N) is 2. The number of hydrogen-bond acceptors (Lipinski definition) is 4. The number of rotatable bonds is 4. The molecule has 3 rings (SSSR count). The smallest absolute Gasteiger partial charge is 0.257 e. The van der Waals surface area contributed by atoms with Gasteiger partial charge in [-0.05, 0) is 31.2 Å². The molecule has 1 amide bonds. The first-order chi connectivity index (χ1) is 11.6. The number of pyridine rings is 1. The highest BCUT2D eigenvalue weighted by Crippen LogP contribution is 2.17. The molecule has 5 nitrogen and oxygen atoms in total. The van der Waals surface area contributed by atoms with Gasteiger partial charge in [0.1, 0.15) is 23.6 Å². The Morgan fingerprint density at radius 2 is 2.17 bits per heavy atom. The summed E-state index contributed by atoms with van der Waals surface area (Å²) in [6.07, 6.45) is 1.40. The Morgan fingerprint density at radius 3 is 2.92 bits per heavy atom. The van der Waals surface area contributed by atoms with Gasteiger partial charge in [0, 0.05) is 12.7 Å². The van der Waals surface area contributed by atoms with Crippen LogP contribution in [0.15, 0.2) is 42.6 Å². The Labute approximate surface area is 146 Å². The molecule has 0 radical (unpaired) electrons. The third-order valence-electron chi connectivity index (χ3n) is 3.87. The predicted octanol–water partition coefficient (Wildman–Crippen LogP) is 2.96. The number of benzene rings is 1. The molecule has 2 heterocycles. The molecule has 1 unspecified atom stereocenters. The van der Waals surface area contributed by atoms with Gasteiger partial charge >= 0.3 is 0 Å². The molecule has 0 N–H and O–H groups in total. The fourth-order valence-corrected chi connectivity index (χ4v) is 2.74. The second-order valence-electron chi connectivity index (χ2n) is 5.71. The number of halogens is 1. The van der Waals surface area contributed by atoms with E-state index in [1.54, 1.807) is 23.2 Å². The summed E-state index contributed by atoms with van der Waals surface area (Å²) in [5.74, 6) is 0.666. The summed E-state index contributed by atoms with van der Waals surface area (Å²) >= 11 is 6.01. The second-order valence-corrected chi connectivity index (χ2v) is 6.07. The summed E-state index contributed by atoms with van der Waals surface area (Å²) in [5, 5.41) is 0.224. The van der Waals surface area contributed by atoms with Crippen molar-refractivity contribution in [1.29, 1.82) is 0 Å². The molecule has 1 aromatic heterocycles. The Bertz CT molecular complexity index is 706. The van der Waals surface area contributed by atoms with E-state index in [9.17, 15) is 4.79 Å². The van der Waals surface area contributed by atoms with Crippen LogP contribution in [0, 0.1) is 6.92 Å². The highest BCUT2D eigenvalue weighted by molar-refractivity contribution is 6.32. The van der Waals surface area contributed by atoms with Crippen LogP contribution < -0.4 is 4.74 Å². The fourth-order valence-electron chi connectivity index (χ4n) is 2.54. The van der Waals surface area contributed by atoms with E-state index in [1.165, 1.54) is 5.56 Å². The van der Waals surface area contributed by atoms with Crippen LogP contribution in [0.5, 0.6) is 5.75 Å². The van der Waals surface area contributed by atoms with Gasteiger partial charge in [-0.2, -0.15) is 0 Å². The van der Waals surface area contributed by atoms with Gasteiger partial charge in [0.15, 0.2) is 0 Å². The molecule has 1 fully saturated rings. The van der Waals surface area contributed by atoms with E-state index in [0.717, 1.165) is 5.75 Å². The van der Waals surface area contributed by atoms with Gasteiger partial charge in [0.25, 0.3) is 5.91 Å². The Kier molecular flexibility index (Phi) is 5.33. The number of hydrogen-bond donors (Lipinski definition) is 0. The first-order valence-corrected chi connectivity index (χ1v) is 8.22. The number of morpholine rings is 1. The van der Waals surface area contributed by atoms with Gasteiger partial charge in [0.05, 0.1) is 18.7 Å². The van der Waals surface area contributed by atoms with E-state index in [-0.39, 0.29) is 17.2 Å². The molecule has 0 saturated carbocycles. The van der Waals surface area contributed by atoms with Crippen molar-refractivity contribution in [2.75, 3.05) is 26.3 Å². The SMILES string of the molecule is Cc1ccc(OCC2CN(C(=O)c3cccnc3Cl)CCO2)cc1. The van der Waals surface area contributed by atoms with Gasteiger partial charge in [-0.15, -0.1) is 0 Å². The van der Waals surface area contributed by atoms with E-state index >= 15 is 0 Å². The molecule has 1 atom stereocenters. The molecular formula is C18H19ClN2O3. The standard InChI is InChI=1S/C18H19ClN2O3/c1-13-4-6-14(7-5-13)24-12-15-11-21(9-10-23-15)18(22)16-3-2-8-20-17(16)19/h2-8,15H,9-12H2,1H3. The maximum atomic E-state index is 12.6. The van der Waals surface area contributed by atoms with Gasteiger partial charge in [-0.3, -0.25) is 4.79 Å². The number of carbonyl (C=O) groups excluding carboxylic acids is 1. The monoisotopic (exact) mass is 346 g/mol. The van der Waals surface area contributed by atoms with Gasteiger partial charge < -0.3 is 14.4 Å². The minimum absolute atomic E-state index is 0.128. The van der Waals surface area contributed by atoms with Gasteiger partial charge in [-0.1, -0.05) is 29.3 Å². The van der Waals surface area contributed by atoms with E-state index < -0.39 is 0 Å². The number of amides is 1. The van der Waals surface area contributed by atoms with Gasteiger partial charge in [0.2, 0.25) is 0 Å². The Hall–Kier alpha value is -2.11. The van der Waals surface area contributed by atoms with Crippen LogP contribution in [0.25, 0.3) is 0 Å². The van der Waals surface area contributed by atoms with Crippen LogP contribution in [0.2, 0.25) is 5.15 Å². The van der Waals surface area contributed by atoms with Crippen molar-refractivity contribution < 1.29 is 14.3 Å². The second kappa shape index (κ2) is 7.64. The van der Waals surface area contributed by atoms with Gasteiger partial charge in [-0.25, -0.2) is 4.98 Å². The molecule has 1 aliphatic rings. The molecule has 2 aromatic rings. The van der Waals surface area contributed by atoms with Crippen LogP contribution in [-0.2, 0) is 4.74 Å². The molecule has 126 valence electrons. The normalized spacial score (nSPS) is 17.6. The Balaban J connectivity index is 1.59.